The van der Waals surface area contributed by atoms with Crippen molar-refractivity contribution in [2.24, 2.45) is 0 Å². The molecule has 0 saturated heterocycles. The van der Waals surface area contributed by atoms with Crippen LogP contribution in [-0.4, -0.2) is 16.2 Å². The van der Waals surface area contributed by atoms with Gasteiger partial charge in [-0.1, -0.05) is 24.8 Å². The summed E-state index contributed by atoms with van der Waals surface area (Å²) in [5, 5.41) is 17.7. The number of aliphatic hydroxyl groups is 1. The van der Waals surface area contributed by atoms with Crippen LogP contribution in [0.3, 0.4) is 0 Å². The lowest BCUT2D eigenvalue weighted by molar-refractivity contribution is 0.0696. The molecule has 0 aliphatic carbocycles. The van der Waals surface area contributed by atoms with E-state index in [0.717, 1.165) is 0 Å². The van der Waals surface area contributed by atoms with Crippen LogP contribution in [0.25, 0.3) is 5.76 Å². The van der Waals surface area contributed by atoms with Crippen molar-refractivity contribution in [3.05, 3.63) is 42.0 Å². The van der Waals surface area contributed by atoms with Crippen LogP contribution >= 0.6 is 0 Å². The fraction of sp³-hybridized carbons (Fsp3) is 0. The van der Waals surface area contributed by atoms with Gasteiger partial charge in [-0.3, -0.25) is 0 Å². The Morgan fingerprint density at radius 2 is 1.67 bits per heavy atom. The second-order valence-corrected chi connectivity index (χ2v) is 2.30. The van der Waals surface area contributed by atoms with E-state index in [-0.39, 0.29) is 16.9 Å². The van der Waals surface area contributed by atoms with Crippen LogP contribution in [0.5, 0.6) is 0 Å². The molecule has 0 aromatic heterocycles. The van der Waals surface area contributed by atoms with Crippen LogP contribution in [0.15, 0.2) is 30.8 Å². The summed E-state index contributed by atoms with van der Waals surface area (Å²) < 4.78 is 0. The average molecular weight is 164 g/mol. The molecule has 0 fully saturated rings. The van der Waals surface area contributed by atoms with Crippen molar-refractivity contribution in [3.63, 3.8) is 0 Å². The number of rotatable bonds is 2. The van der Waals surface area contributed by atoms with Crippen molar-refractivity contribution in [2.75, 3.05) is 0 Å². The van der Waals surface area contributed by atoms with Crippen LogP contribution in [0.2, 0.25) is 0 Å². The van der Waals surface area contributed by atoms with Gasteiger partial charge in [-0.2, -0.15) is 0 Å². The van der Waals surface area contributed by atoms with Crippen molar-refractivity contribution >= 4 is 11.7 Å². The first-order valence-corrected chi connectivity index (χ1v) is 3.33. The Morgan fingerprint density at radius 1 is 1.17 bits per heavy atom. The molecule has 0 spiro atoms. The molecule has 62 valence electrons. The number of aromatic carboxylic acids is 1. The summed E-state index contributed by atoms with van der Waals surface area (Å²) in [7, 11) is 0. The average Bonchev–Trinajstić information content (AvgIpc) is 2.04. The van der Waals surface area contributed by atoms with E-state index < -0.39 is 5.97 Å². The van der Waals surface area contributed by atoms with Gasteiger partial charge in [0.15, 0.2) is 0 Å². The Balaban J connectivity index is 3.27. The molecule has 12 heavy (non-hydrogen) atoms. The minimum atomic E-state index is -1.07. The van der Waals surface area contributed by atoms with Crippen LogP contribution < -0.4 is 0 Å². The zero-order chi connectivity index (χ0) is 9.14. The molecule has 0 unspecified atom stereocenters. The number of carboxylic acid groups (broad SMARTS) is 1. The summed E-state index contributed by atoms with van der Waals surface area (Å²) in [6.45, 7) is 3.26. The smallest absolute Gasteiger partial charge is 0.336 e. The normalized spacial score (nSPS) is 9.33. The Bertz CT molecular complexity index is 295. The fourth-order valence-electron chi connectivity index (χ4n) is 0.921. The largest absolute Gasteiger partial charge is 0.508 e. The van der Waals surface area contributed by atoms with E-state index in [1.807, 2.05) is 0 Å². The number of aliphatic hydroxyl groups excluding tert-OH is 1. The van der Waals surface area contributed by atoms with Crippen LogP contribution in [0.4, 0.5) is 0 Å². The highest BCUT2D eigenvalue weighted by molar-refractivity contribution is 5.92. The highest BCUT2D eigenvalue weighted by Gasteiger charge is 2.09. The molecule has 1 aromatic carbocycles. The number of carboxylic acids is 1. The lowest BCUT2D eigenvalue weighted by Crippen LogP contribution is -2.00. The number of hydrogen-bond donors (Lipinski definition) is 2. The predicted octanol–water partition coefficient (Wildman–Crippen LogP) is 1.91. The molecule has 0 heterocycles. The van der Waals surface area contributed by atoms with Crippen LogP contribution in [-0.2, 0) is 0 Å². The third kappa shape index (κ3) is 1.45. The molecule has 0 radical (unpaired) electrons. The lowest BCUT2D eigenvalue weighted by atomic mass is 10.1. The second-order valence-electron chi connectivity index (χ2n) is 2.30. The molecule has 0 atom stereocenters. The van der Waals surface area contributed by atoms with Crippen molar-refractivity contribution in [1.29, 1.82) is 0 Å². The Kier molecular flexibility index (Phi) is 2.14. The maximum Gasteiger partial charge on any atom is 0.336 e. The van der Waals surface area contributed by atoms with Gasteiger partial charge in [0, 0.05) is 5.56 Å². The van der Waals surface area contributed by atoms with E-state index in [1.54, 1.807) is 12.1 Å². The van der Waals surface area contributed by atoms with Gasteiger partial charge < -0.3 is 10.2 Å². The molecule has 1 rings (SSSR count). The molecule has 0 saturated carbocycles. The molecule has 0 amide bonds. The van der Waals surface area contributed by atoms with Gasteiger partial charge in [-0.15, -0.1) is 0 Å². The van der Waals surface area contributed by atoms with Gasteiger partial charge in [0.25, 0.3) is 0 Å². The molecule has 0 aliphatic rings. The zero-order valence-electron chi connectivity index (χ0n) is 6.32. The summed E-state index contributed by atoms with van der Waals surface area (Å²) in [5.41, 5.74) is 0.315. The highest BCUT2D eigenvalue weighted by Crippen LogP contribution is 2.14. The Morgan fingerprint density at radius 3 is 2.00 bits per heavy atom. The van der Waals surface area contributed by atoms with E-state index in [1.165, 1.54) is 12.1 Å². The summed E-state index contributed by atoms with van der Waals surface area (Å²) in [5.74, 6) is -1.30. The Hall–Kier alpha value is -1.77. The molecule has 0 bridgehead atoms. The van der Waals surface area contributed by atoms with Gasteiger partial charge in [0.2, 0.25) is 0 Å². The number of hydrogen-bond acceptors (Lipinski definition) is 2. The minimum Gasteiger partial charge on any atom is -0.508 e. The summed E-state index contributed by atoms with van der Waals surface area (Å²) in [6, 6.07) is 6.16. The molecule has 3 heteroatoms. The van der Waals surface area contributed by atoms with Gasteiger partial charge in [0.1, 0.15) is 5.76 Å². The third-order valence-electron chi connectivity index (χ3n) is 1.47. The van der Waals surface area contributed by atoms with E-state index in [9.17, 15) is 4.79 Å². The molecule has 2 N–H and O–H groups in total. The number of carbonyl (C=O) groups is 1. The highest BCUT2D eigenvalue weighted by atomic mass is 16.4. The summed E-state index contributed by atoms with van der Waals surface area (Å²) in [4.78, 5) is 10.6. The summed E-state index contributed by atoms with van der Waals surface area (Å²) in [6.07, 6.45) is 0. The van der Waals surface area contributed by atoms with Gasteiger partial charge in [-0.25, -0.2) is 4.79 Å². The summed E-state index contributed by atoms with van der Waals surface area (Å²) >= 11 is 0. The number of benzene rings is 1. The van der Waals surface area contributed by atoms with Gasteiger partial charge in [0.05, 0.1) is 5.56 Å². The monoisotopic (exact) mass is 164 g/mol. The zero-order valence-corrected chi connectivity index (χ0v) is 6.32. The molecular weight excluding hydrogens is 156 g/mol. The van der Waals surface area contributed by atoms with Gasteiger partial charge >= 0.3 is 5.97 Å². The van der Waals surface area contributed by atoms with E-state index in [0.29, 0.717) is 0 Å². The standard InChI is InChI=1S/C9H8O3/c1-6(10)7-4-2-3-5-8(7)9(11)12/h2-5,10H,1H2,(H,11,12). The maximum absolute atomic E-state index is 10.6. The second kappa shape index (κ2) is 3.09. The minimum absolute atomic E-state index is 0.0602. The van der Waals surface area contributed by atoms with Crippen molar-refractivity contribution < 1.29 is 15.0 Å². The van der Waals surface area contributed by atoms with Gasteiger partial charge in [-0.05, 0) is 6.07 Å². The lowest BCUT2D eigenvalue weighted by Gasteiger charge is -2.02. The van der Waals surface area contributed by atoms with Crippen LogP contribution in [0.1, 0.15) is 15.9 Å². The van der Waals surface area contributed by atoms with E-state index in [2.05, 4.69) is 6.58 Å². The molecule has 0 aliphatic heterocycles. The first-order chi connectivity index (χ1) is 5.63. The van der Waals surface area contributed by atoms with Crippen molar-refractivity contribution in [3.8, 4) is 0 Å². The molecule has 3 nitrogen and oxygen atoms in total. The topological polar surface area (TPSA) is 57.5 Å². The SMILES string of the molecule is C=C(O)c1ccccc1C(=O)O. The molecular formula is C9H8O3. The first kappa shape index (κ1) is 8.33. The molecule has 1 aromatic rings. The third-order valence-corrected chi connectivity index (χ3v) is 1.47. The van der Waals surface area contributed by atoms with E-state index in [4.69, 9.17) is 10.2 Å². The van der Waals surface area contributed by atoms with Crippen molar-refractivity contribution in [1.82, 2.24) is 0 Å². The first-order valence-electron chi connectivity index (χ1n) is 3.33. The van der Waals surface area contributed by atoms with E-state index >= 15 is 0 Å². The predicted molar refractivity (Wildman–Crippen MR) is 45.1 cm³/mol. The fourth-order valence-corrected chi connectivity index (χ4v) is 0.921. The Labute approximate surface area is 69.6 Å². The maximum atomic E-state index is 10.6. The van der Waals surface area contributed by atoms with Crippen molar-refractivity contribution in [2.45, 2.75) is 0 Å². The van der Waals surface area contributed by atoms with Crippen LogP contribution in [0, 0.1) is 0 Å². The quantitative estimate of drug-likeness (QED) is 0.656.